The lowest BCUT2D eigenvalue weighted by Crippen LogP contribution is -2.11. The van der Waals surface area contributed by atoms with E-state index in [-0.39, 0.29) is 0 Å². The van der Waals surface area contributed by atoms with Gasteiger partial charge in [0.25, 0.3) is 0 Å². The summed E-state index contributed by atoms with van der Waals surface area (Å²) in [4.78, 5) is 0. The minimum absolute atomic E-state index is 0.597. The average molecular weight is 339 g/mol. The lowest BCUT2D eigenvalue weighted by molar-refractivity contribution is 0.695. The van der Waals surface area contributed by atoms with E-state index < -0.39 is 0 Å². The molecule has 146 valence electrons. The third kappa shape index (κ3) is 73.6. The third-order valence-electron chi connectivity index (χ3n) is 2.39. The van der Waals surface area contributed by atoms with Gasteiger partial charge in [0.15, 0.2) is 0 Å². The van der Waals surface area contributed by atoms with Gasteiger partial charge in [-0.3, -0.25) is 0 Å². The molecule has 8 nitrogen and oxygen atoms in total. The zero-order valence-corrected chi connectivity index (χ0v) is 15.2. The minimum atomic E-state index is 0.597. The highest BCUT2D eigenvalue weighted by molar-refractivity contribution is 4.41. The molecule has 0 atom stereocenters. The van der Waals surface area contributed by atoms with Gasteiger partial charge in [-0.1, -0.05) is 12.8 Å². The van der Waals surface area contributed by atoms with Crippen LogP contribution in [-0.2, 0) is 0 Å². The largest absolute Gasteiger partial charge is 0.330 e. The van der Waals surface area contributed by atoms with Crippen LogP contribution < -0.4 is 45.9 Å². The summed E-state index contributed by atoms with van der Waals surface area (Å²) >= 11 is 0. The molecule has 0 fully saturated rings. The van der Waals surface area contributed by atoms with E-state index >= 15 is 0 Å². The second-order valence-electron chi connectivity index (χ2n) is 4.78. The second-order valence-corrected chi connectivity index (χ2v) is 4.78. The van der Waals surface area contributed by atoms with E-state index in [0.717, 1.165) is 71.4 Å². The topological polar surface area (TPSA) is 208 Å². The van der Waals surface area contributed by atoms with E-state index in [2.05, 4.69) is 0 Å². The van der Waals surface area contributed by atoms with Crippen LogP contribution in [0.25, 0.3) is 0 Å². The van der Waals surface area contributed by atoms with Crippen LogP contribution in [0.5, 0.6) is 0 Å². The van der Waals surface area contributed by atoms with Crippen molar-refractivity contribution in [3.63, 3.8) is 0 Å². The third-order valence-corrected chi connectivity index (χ3v) is 2.39. The van der Waals surface area contributed by atoms with Crippen molar-refractivity contribution >= 4 is 0 Å². The van der Waals surface area contributed by atoms with Crippen molar-refractivity contribution in [2.24, 2.45) is 45.9 Å². The highest BCUT2D eigenvalue weighted by atomic mass is 14.6. The predicted octanol–water partition coefficient (Wildman–Crippen LogP) is -1.65. The molecular weight excluding hydrogens is 292 g/mol. The molecule has 8 heteroatoms. The molecule has 0 unspecified atom stereocenters. The van der Waals surface area contributed by atoms with Crippen molar-refractivity contribution in [3.05, 3.63) is 0 Å². The van der Waals surface area contributed by atoms with Crippen LogP contribution in [0.2, 0.25) is 0 Å². The van der Waals surface area contributed by atoms with E-state index in [4.69, 9.17) is 45.9 Å². The first kappa shape index (κ1) is 30.5. The van der Waals surface area contributed by atoms with Crippen molar-refractivity contribution in [1.29, 1.82) is 0 Å². The number of hydrogen-bond donors (Lipinski definition) is 8. The molecule has 0 aromatic heterocycles. The van der Waals surface area contributed by atoms with Gasteiger partial charge in [-0.05, 0) is 71.4 Å². The number of nitrogens with two attached hydrogens (primary N) is 8. The van der Waals surface area contributed by atoms with Crippen LogP contribution >= 0.6 is 0 Å². The molecule has 0 bridgehead atoms. The fraction of sp³-hybridized carbons (Fsp3) is 1.00. The molecule has 0 aromatic carbocycles. The number of rotatable bonds is 11. The Hall–Kier alpha value is -0.320. The monoisotopic (exact) mass is 338 g/mol. The zero-order chi connectivity index (χ0) is 18.6. The normalized spacial score (nSPS) is 8.87. The van der Waals surface area contributed by atoms with Crippen LogP contribution in [0.1, 0.15) is 44.9 Å². The van der Waals surface area contributed by atoms with Gasteiger partial charge < -0.3 is 45.9 Å². The van der Waals surface area contributed by atoms with Gasteiger partial charge in [-0.2, -0.15) is 0 Å². The fourth-order valence-corrected chi connectivity index (χ4v) is 1.05. The summed E-state index contributed by atoms with van der Waals surface area (Å²) in [5, 5.41) is 0. The van der Waals surface area contributed by atoms with E-state index in [1.54, 1.807) is 0 Å². The lowest BCUT2D eigenvalue weighted by Gasteiger charge is -1.91. The summed E-state index contributed by atoms with van der Waals surface area (Å²) in [6.45, 7) is 5.85. The maximum atomic E-state index is 5.23. The van der Waals surface area contributed by atoms with E-state index in [0.29, 0.717) is 13.1 Å². The Bertz CT molecular complexity index is 117. The SMILES string of the molecule is NCCCCCN.NCCCCCN.NCCCN.NCCN. The molecule has 23 heavy (non-hydrogen) atoms. The fourth-order valence-electron chi connectivity index (χ4n) is 1.05. The molecule has 0 aliphatic heterocycles. The van der Waals surface area contributed by atoms with Crippen molar-refractivity contribution in [3.8, 4) is 0 Å². The second kappa shape index (κ2) is 43.0. The molecule has 0 rings (SSSR count). The molecule has 0 spiro atoms. The first-order valence-corrected chi connectivity index (χ1v) is 8.77. The Morgan fingerprint density at radius 2 is 0.435 bits per heavy atom. The Morgan fingerprint density at radius 3 is 0.522 bits per heavy atom. The molecule has 0 aromatic rings. The quantitative estimate of drug-likeness (QED) is 0.204. The Labute approximate surface area is 144 Å². The highest BCUT2D eigenvalue weighted by Crippen LogP contribution is 1.88. The van der Waals surface area contributed by atoms with Crippen LogP contribution in [0.15, 0.2) is 0 Å². The summed E-state index contributed by atoms with van der Waals surface area (Å²) in [5.74, 6) is 0. The number of unbranched alkanes of at least 4 members (excludes halogenated alkanes) is 4. The molecule has 0 aliphatic rings. The molecule has 0 amide bonds. The van der Waals surface area contributed by atoms with E-state index in [9.17, 15) is 0 Å². The Balaban J connectivity index is -0.000000107. The van der Waals surface area contributed by atoms with Gasteiger partial charge >= 0.3 is 0 Å². The molecular formula is C15H46N8. The molecule has 0 aliphatic carbocycles. The van der Waals surface area contributed by atoms with Gasteiger partial charge in [0.1, 0.15) is 0 Å². The molecule has 16 N–H and O–H groups in total. The van der Waals surface area contributed by atoms with Crippen molar-refractivity contribution in [2.45, 2.75) is 44.9 Å². The van der Waals surface area contributed by atoms with Gasteiger partial charge in [-0.15, -0.1) is 0 Å². The number of hydrogen-bond acceptors (Lipinski definition) is 8. The van der Waals surface area contributed by atoms with Crippen molar-refractivity contribution in [1.82, 2.24) is 0 Å². The van der Waals surface area contributed by atoms with Gasteiger partial charge in [0.05, 0.1) is 0 Å². The first-order chi connectivity index (χ1) is 11.2. The summed E-state index contributed by atoms with van der Waals surface area (Å²) in [6, 6.07) is 0. The zero-order valence-electron chi connectivity index (χ0n) is 15.2. The molecule has 0 saturated heterocycles. The predicted molar refractivity (Wildman–Crippen MR) is 105 cm³/mol. The Kier molecular flexibility index (Phi) is 57.1. The van der Waals surface area contributed by atoms with Gasteiger partial charge in [-0.25, -0.2) is 0 Å². The highest BCUT2D eigenvalue weighted by Gasteiger charge is 1.80. The van der Waals surface area contributed by atoms with E-state index in [1.165, 1.54) is 12.8 Å². The van der Waals surface area contributed by atoms with Crippen LogP contribution in [0.4, 0.5) is 0 Å². The summed E-state index contributed by atoms with van der Waals surface area (Å²) in [7, 11) is 0. The smallest absolute Gasteiger partial charge is 0.00461 e. The van der Waals surface area contributed by atoms with Crippen LogP contribution in [0, 0.1) is 0 Å². The maximum absolute atomic E-state index is 5.23. The van der Waals surface area contributed by atoms with Crippen molar-refractivity contribution < 1.29 is 0 Å². The standard InChI is InChI=1S/2C5H14N2.C3H10N2.C2H8N2/c2*6-4-2-1-3-5-7;4-2-1-3-5;3-1-2-4/h2*1-7H2;1-5H2;1-4H2. The van der Waals surface area contributed by atoms with Crippen LogP contribution in [0.3, 0.4) is 0 Å². The van der Waals surface area contributed by atoms with Crippen LogP contribution in [-0.4, -0.2) is 52.4 Å². The summed E-state index contributed by atoms with van der Waals surface area (Å²) < 4.78 is 0. The lowest BCUT2D eigenvalue weighted by atomic mass is 10.2. The molecule has 0 heterocycles. The molecule has 0 radical (unpaired) electrons. The first-order valence-electron chi connectivity index (χ1n) is 8.77. The molecule has 0 saturated carbocycles. The van der Waals surface area contributed by atoms with Crippen molar-refractivity contribution in [2.75, 3.05) is 52.4 Å². The minimum Gasteiger partial charge on any atom is -0.330 e. The maximum Gasteiger partial charge on any atom is 0.00461 e. The van der Waals surface area contributed by atoms with Gasteiger partial charge in [0, 0.05) is 13.1 Å². The van der Waals surface area contributed by atoms with E-state index in [1.807, 2.05) is 0 Å². The van der Waals surface area contributed by atoms with Gasteiger partial charge in [0.2, 0.25) is 0 Å². The Morgan fingerprint density at radius 1 is 0.217 bits per heavy atom. The average Bonchev–Trinajstić information content (AvgIpc) is 2.58. The summed E-state index contributed by atoms with van der Waals surface area (Å²) in [6.07, 6.45) is 7.81. The summed E-state index contributed by atoms with van der Waals surface area (Å²) in [5.41, 5.74) is 40.8.